The molecule has 1 aliphatic carbocycles. The van der Waals surface area contributed by atoms with Gasteiger partial charge in [-0.25, -0.2) is 4.98 Å². The highest BCUT2D eigenvalue weighted by atomic mass is 32.2. The van der Waals surface area contributed by atoms with Gasteiger partial charge in [0.1, 0.15) is 5.82 Å². The predicted molar refractivity (Wildman–Crippen MR) is 133 cm³/mol. The highest BCUT2D eigenvalue weighted by molar-refractivity contribution is 7.89. The van der Waals surface area contributed by atoms with Crippen LogP contribution >= 0.6 is 0 Å². The number of para-hydroxylation sites is 2. The van der Waals surface area contributed by atoms with Crippen LogP contribution in [0.2, 0.25) is 0 Å². The molecular formula is C24H29F3N5O2S+. The van der Waals surface area contributed by atoms with Crippen molar-refractivity contribution in [2.75, 3.05) is 30.9 Å². The van der Waals surface area contributed by atoms with Gasteiger partial charge < -0.3 is 15.0 Å². The Balaban J connectivity index is 1.31. The topological polar surface area (TPSA) is 82.5 Å². The van der Waals surface area contributed by atoms with E-state index >= 15 is 0 Å². The minimum absolute atomic E-state index is 0.0883. The summed E-state index contributed by atoms with van der Waals surface area (Å²) in [6.07, 6.45) is -1.17. The molecule has 3 aromatic rings. The van der Waals surface area contributed by atoms with Crippen LogP contribution in [-0.4, -0.2) is 47.6 Å². The Bertz CT molecular complexity index is 1140. The van der Waals surface area contributed by atoms with Crippen molar-refractivity contribution >= 4 is 34.0 Å². The van der Waals surface area contributed by atoms with Crippen LogP contribution in [0.1, 0.15) is 25.7 Å². The Kier molecular flexibility index (Phi) is 7.88. The number of anilines is 2. The van der Waals surface area contributed by atoms with Crippen LogP contribution < -0.4 is 19.7 Å². The smallest absolute Gasteiger partial charge is 0.400 e. The van der Waals surface area contributed by atoms with E-state index in [1.807, 2.05) is 43.3 Å². The summed E-state index contributed by atoms with van der Waals surface area (Å²) in [5.74, 6) is 1.38. The van der Waals surface area contributed by atoms with Crippen LogP contribution in [-0.2, 0) is 11.4 Å². The molecule has 4 rings (SSSR count). The molecule has 1 fully saturated rings. The third-order valence-corrected chi connectivity index (χ3v) is 7.17. The van der Waals surface area contributed by atoms with Gasteiger partial charge >= 0.3 is 6.36 Å². The first kappa shape index (κ1) is 25.3. The number of hydrogen-bond acceptors (Lipinski definition) is 7. The fourth-order valence-electron chi connectivity index (χ4n) is 4.25. The standard InChI is InChI=1S/C24H29F3N5O2S/c1-32(2)22-18-7-3-4-8-19(18)30-23(31-22)29-17-13-11-16(12-14-17)15-28-35(33)21-10-6-5-9-20(21)34-24(25,26)27/h3-10,16-17,28,33H,11-15H2,1-2H3,(H,29,30,31)/q+1. The lowest BCUT2D eigenvalue weighted by molar-refractivity contribution is -0.275. The van der Waals surface area contributed by atoms with Crippen molar-refractivity contribution in [2.45, 2.75) is 43.0 Å². The summed E-state index contributed by atoms with van der Waals surface area (Å²) < 4.78 is 55.5. The second-order valence-corrected chi connectivity index (χ2v) is 10.1. The van der Waals surface area contributed by atoms with Gasteiger partial charge in [-0.1, -0.05) is 24.3 Å². The quantitative estimate of drug-likeness (QED) is 0.360. The molecule has 0 spiro atoms. The maximum absolute atomic E-state index is 12.7. The molecule has 0 radical (unpaired) electrons. The zero-order chi connectivity index (χ0) is 25.0. The maximum Gasteiger partial charge on any atom is 0.573 e. The molecule has 1 unspecified atom stereocenters. The van der Waals surface area contributed by atoms with Crippen molar-refractivity contribution < 1.29 is 22.5 Å². The third-order valence-electron chi connectivity index (χ3n) is 5.98. The average Bonchev–Trinajstić information content (AvgIpc) is 2.82. The normalized spacial score (nSPS) is 19.4. The Morgan fingerprint density at radius 1 is 1.03 bits per heavy atom. The molecule has 0 saturated heterocycles. The lowest BCUT2D eigenvalue weighted by Crippen LogP contribution is -2.34. The minimum Gasteiger partial charge on any atom is -0.400 e. The Morgan fingerprint density at radius 3 is 2.43 bits per heavy atom. The number of benzene rings is 2. The van der Waals surface area contributed by atoms with Gasteiger partial charge in [0.15, 0.2) is 5.75 Å². The number of hydrogen-bond donors (Lipinski definition) is 3. The van der Waals surface area contributed by atoms with Gasteiger partial charge in [-0.3, -0.25) is 0 Å². The maximum atomic E-state index is 12.7. The van der Waals surface area contributed by atoms with Crippen LogP contribution in [0.3, 0.4) is 0 Å². The van der Waals surface area contributed by atoms with E-state index in [1.54, 1.807) is 6.07 Å². The van der Waals surface area contributed by atoms with E-state index in [0.717, 1.165) is 42.4 Å². The summed E-state index contributed by atoms with van der Waals surface area (Å²) in [5.41, 5.74) is 0.886. The van der Waals surface area contributed by atoms with Gasteiger partial charge in [-0.2, -0.15) is 9.54 Å². The molecule has 1 aromatic heterocycles. The first-order valence-electron chi connectivity index (χ1n) is 11.4. The number of aromatic nitrogens is 2. The van der Waals surface area contributed by atoms with Crippen molar-refractivity contribution in [1.82, 2.24) is 14.7 Å². The van der Waals surface area contributed by atoms with Gasteiger partial charge in [-0.05, 0) is 49.8 Å². The third kappa shape index (κ3) is 6.68. The molecule has 1 heterocycles. The van der Waals surface area contributed by atoms with E-state index in [2.05, 4.69) is 19.8 Å². The fraction of sp³-hybridized carbons (Fsp3) is 0.417. The van der Waals surface area contributed by atoms with Gasteiger partial charge in [0.25, 0.3) is 16.3 Å². The molecule has 1 aliphatic rings. The largest absolute Gasteiger partial charge is 0.573 e. The Hall–Kier alpha value is -2.76. The lowest BCUT2D eigenvalue weighted by atomic mass is 9.86. The van der Waals surface area contributed by atoms with Gasteiger partial charge in [-0.15, -0.1) is 17.9 Å². The lowest BCUT2D eigenvalue weighted by Gasteiger charge is -2.29. The van der Waals surface area contributed by atoms with E-state index < -0.39 is 23.5 Å². The van der Waals surface area contributed by atoms with Crippen molar-refractivity contribution in [2.24, 2.45) is 5.92 Å². The summed E-state index contributed by atoms with van der Waals surface area (Å²) in [5, 5.41) is 4.47. The molecule has 0 amide bonds. The SMILES string of the molecule is CN(C)c1nc(NC2CCC(CN[S+](O)c3ccccc3OC(F)(F)F)CC2)nc2ccccc12. The highest BCUT2D eigenvalue weighted by Crippen LogP contribution is 2.31. The molecule has 35 heavy (non-hydrogen) atoms. The van der Waals surface area contributed by atoms with E-state index in [1.165, 1.54) is 18.2 Å². The first-order valence-corrected chi connectivity index (χ1v) is 12.6. The number of rotatable bonds is 8. The van der Waals surface area contributed by atoms with Crippen molar-refractivity contribution in [3.63, 3.8) is 0 Å². The number of nitrogens with zero attached hydrogens (tertiary/aromatic N) is 3. The second kappa shape index (κ2) is 10.9. The molecule has 188 valence electrons. The first-order chi connectivity index (χ1) is 16.7. The number of ether oxygens (including phenoxy) is 1. The molecule has 1 atom stereocenters. The molecule has 11 heteroatoms. The van der Waals surface area contributed by atoms with Crippen LogP contribution in [0.15, 0.2) is 53.4 Å². The second-order valence-electron chi connectivity index (χ2n) is 8.77. The van der Waals surface area contributed by atoms with Gasteiger partial charge in [0.2, 0.25) is 5.95 Å². The van der Waals surface area contributed by atoms with Gasteiger partial charge in [0.05, 0.1) is 5.52 Å². The van der Waals surface area contributed by atoms with Crippen molar-refractivity contribution in [3.8, 4) is 5.75 Å². The van der Waals surface area contributed by atoms with Crippen molar-refractivity contribution in [3.05, 3.63) is 48.5 Å². The average molecular weight is 509 g/mol. The Labute approximate surface area is 205 Å². The van der Waals surface area contributed by atoms with Crippen LogP contribution in [0.25, 0.3) is 10.9 Å². The van der Waals surface area contributed by atoms with E-state index in [4.69, 9.17) is 4.98 Å². The number of fused-ring (bicyclic) bond motifs is 1. The van der Waals surface area contributed by atoms with Crippen molar-refractivity contribution in [1.29, 1.82) is 0 Å². The summed E-state index contributed by atoms with van der Waals surface area (Å²) >= 11 is -1.56. The molecule has 0 bridgehead atoms. The van der Waals surface area contributed by atoms with E-state index in [9.17, 15) is 17.7 Å². The zero-order valence-corrected chi connectivity index (χ0v) is 20.4. The summed E-state index contributed by atoms with van der Waals surface area (Å²) in [6.45, 7) is 0.504. The van der Waals surface area contributed by atoms with E-state index in [0.29, 0.717) is 18.4 Å². The monoisotopic (exact) mass is 508 g/mol. The fourth-order valence-corrected chi connectivity index (χ4v) is 5.31. The molecule has 0 aliphatic heterocycles. The summed E-state index contributed by atoms with van der Waals surface area (Å²) in [7, 11) is 3.92. The summed E-state index contributed by atoms with van der Waals surface area (Å²) in [6, 6.07) is 13.8. The summed E-state index contributed by atoms with van der Waals surface area (Å²) in [4.78, 5) is 11.4. The van der Waals surface area contributed by atoms with Crippen LogP contribution in [0.5, 0.6) is 5.75 Å². The Morgan fingerprint density at radius 2 is 1.71 bits per heavy atom. The highest BCUT2D eigenvalue weighted by Gasteiger charge is 2.36. The van der Waals surface area contributed by atoms with Gasteiger partial charge in [0, 0.05) is 38.1 Å². The molecule has 3 N–H and O–H groups in total. The van der Waals surface area contributed by atoms with E-state index in [-0.39, 0.29) is 10.9 Å². The van der Waals surface area contributed by atoms with Crippen LogP contribution in [0.4, 0.5) is 24.9 Å². The van der Waals surface area contributed by atoms with Crippen LogP contribution in [0, 0.1) is 5.92 Å². The molecule has 7 nitrogen and oxygen atoms in total. The molecule has 1 saturated carbocycles. The minimum atomic E-state index is -4.81. The number of nitrogens with one attached hydrogen (secondary N) is 2. The molecular weight excluding hydrogens is 479 g/mol. The zero-order valence-electron chi connectivity index (χ0n) is 19.5. The number of halogens is 3. The molecule has 2 aromatic carbocycles. The number of alkyl halides is 3. The predicted octanol–water partition coefficient (Wildman–Crippen LogP) is 5.22.